The predicted octanol–water partition coefficient (Wildman–Crippen LogP) is 0.723. The van der Waals surface area contributed by atoms with Gasteiger partial charge in [0.15, 0.2) is 0 Å². The van der Waals surface area contributed by atoms with Crippen molar-refractivity contribution < 1.29 is 19.3 Å². The molecule has 1 aromatic rings. The first-order valence-electron chi connectivity index (χ1n) is 6.76. The van der Waals surface area contributed by atoms with Gasteiger partial charge in [-0.15, -0.1) is 0 Å². The lowest BCUT2D eigenvalue weighted by Gasteiger charge is -2.08. The van der Waals surface area contributed by atoms with Gasteiger partial charge in [-0.2, -0.15) is 0 Å². The van der Waals surface area contributed by atoms with Gasteiger partial charge in [0.2, 0.25) is 0 Å². The van der Waals surface area contributed by atoms with E-state index in [9.17, 15) is 0 Å². The van der Waals surface area contributed by atoms with E-state index in [4.69, 9.17) is 25.1 Å². The van der Waals surface area contributed by atoms with E-state index in [1.807, 2.05) is 24.3 Å². The predicted molar refractivity (Wildman–Crippen MR) is 78.9 cm³/mol. The van der Waals surface area contributed by atoms with E-state index in [2.05, 4.69) is 5.32 Å². The zero-order valence-electron chi connectivity index (χ0n) is 11.7. The number of nitrogen functional groups attached to an aromatic ring is 1. The number of aliphatic hydroxyl groups is 1. The van der Waals surface area contributed by atoms with Crippen LogP contribution in [0.4, 0.5) is 11.4 Å². The molecule has 1 aromatic carbocycles. The first-order chi connectivity index (χ1) is 9.83. The molecule has 0 aliphatic heterocycles. The molecule has 0 saturated heterocycles. The summed E-state index contributed by atoms with van der Waals surface area (Å²) >= 11 is 0. The van der Waals surface area contributed by atoms with Crippen LogP contribution in [0.5, 0.6) is 0 Å². The van der Waals surface area contributed by atoms with Crippen LogP contribution in [0.1, 0.15) is 0 Å². The second kappa shape index (κ2) is 11.5. The van der Waals surface area contributed by atoms with Crippen molar-refractivity contribution in [3.8, 4) is 0 Å². The van der Waals surface area contributed by atoms with Crippen LogP contribution in [0.2, 0.25) is 0 Å². The zero-order chi connectivity index (χ0) is 14.5. The molecule has 0 fully saturated rings. The molecule has 20 heavy (non-hydrogen) atoms. The molecule has 0 bridgehead atoms. The number of benzene rings is 1. The zero-order valence-corrected chi connectivity index (χ0v) is 11.7. The number of rotatable bonds is 12. The first-order valence-corrected chi connectivity index (χ1v) is 6.76. The number of ether oxygens (including phenoxy) is 3. The van der Waals surface area contributed by atoms with Crippen LogP contribution in [-0.4, -0.2) is 57.9 Å². The number of anilines is 2. The molecule has 0 aliphatic rings. The highest BCUT2D eigenvalue weighted by Gasteiger charge is 1.93. The molecule has 6 nitrogen and oxygen atoms in total. The standard InChI is InChI=1S/C14H24N2O4/c15-13-1-3-14(4-2-13)16-5-7-18-9-11-20-12-10-19-8-6-17/h1-4,16-17H,5-12,15H2. The van der Waals surface area contributed by atoms with Crippen LogP contribution in [0, 0.1) is 0 Å². The van der Waals surface area contributed by atoms with Gasteiger partial charge < -0.3 is 30.4 Å². The van der Waals surface area contributed by atoms with Gasteiger partial charge in [-0.1, -0.05) is 0 Å². The average molecular weight is 284 g/mol. The maximum Gasteiger partial charge on any atom is 0.0701 e. The summed E-state index contributed by atoms with van der Waals surface area (Å²) in [6, 6.07) is 7.58. The van der Waals surface area contributed by atoms with Crippen LogP contribution < -0.4 is 11.1 Å². The Balaban J connectivity index is 1.84. The van der Waals surface area contributed by atoms with Crippen molar-refractivity contribution in [1.29, 1.82) is 0 Å². The van der Waals surface area contributed by atoms with E-state index in [-0.39, 0.29) is 6.61 Å². The Morgan fingerprint density at radius 3 is 2.00 bits per heavy atom. The van der Waals surface area contributed by atoms with Crippen molar-refractivity contribution in [2.75, 3.05) is 63.8 Å². The molecule has 0 aromatic heterocycles. The SMILES string of the molecule is Nc1ccc(NCCOCCOCCOCCO)cc1. The molecule has 1 rings (SSSR count). The summed E-state index contributed by atoms with van der Waals surface area (Å²) in [4.78, 5) is 0. The molecule has 0 amide bonds. The van der Waals surface area contributed by atoms with Crippen molar-refractivity contribution in [3.63, 3.8) is 0 Å². The summed E-state index contributed by atoms with van der Waals surface area (Å²) in [5.41, 5.74) is 7.38. The average Bonchev–Trinajstić information content (AvgIpc) is 2.47. The number of nitrogens with one attached hydrogen (secondary N) is 1. The molecule has 0 radical (unpaired) electrons. The van der Waals surface area contributed by atoms with E-state index in [0.29, 0.717) is 39.6 Å². The Bertz CT molecular complexity index is 332. The third-order valence-electron chi connectivity index (χ3n) is 2.47. The minimum atomic E-state index is 0.0458. The van der Waals surface area contributed by atoms with Crippen molar-refractivity contribution in [3.05, 3.63) is 24.3 Å². The highest BCUT2D eigenvalue weighted by Crippen LogP contribution is 2.09. The second-order valence-electron chi connectivity index (χ2n) is 4.11. The second-order valence-corrected chi connectivity index (χ2v) is 4.11. The van der Waals surface area contributed by atoms with E-state index in [1.54, 1.807) is 0 Å². The van der Waals surface area contributed by atoms with Gasteiger partial charge in [0.1, 0.15) is 0 Å². The topological polar surface area (TPSA) is 86.0 Å². The molecular formula is C14H24N2O4. The van der Waals surface area contributed by atoms with Gasteiger partial charge in [-0.25, -0.2) is 0 Å². The van der Waals surface area contributed by atoms with Crippen LogP contribution in [0.25, 0.3) is 0 Å². The monoisotopic (exact) mass is 284 g/mol. The fraction of sp³-hybridized carbons (Fsp3) is 0.571. The lowest BCUT2D eigenvalue weighted by atomic mass is 10.3. The van der Waals surface area contributed by atoms with Gasteiger partial charge in [0.05, 0.1) is 46.2 Å². The van der Waals surface area contributed by atoms with E-state index < -0.39 is 0 Å². The van der Waals surface area contributed by atoms with Crippen LogP contribution in [0.15, 0.2) is 24.3 Å². The van der Waals surface area contributed by atoms with Crippen LogP contribution >= 0.6 is 0 Å². The Hall–Kier alpha value is -1.34. The van der Waals surface area contributed by atoms with Gasteiger partial charge in [0.25, 0.3) is 0 Å². The Labute approximate surface area is 119 Å². The Morgan fingerprint density at radius 2 is 1.40 bits per heavy atom. The quantitative estimate of drug-likeness (QED) is 0.387. The molecular weight excluding hydrogens is 260 g/mol. The smallest absolute Gasteiger partial charge is 0.0701 e. The molecule has 114 valence electrons. The summed E-state index contributed by atoms with van der Waals surface area (Å²) in [5, 5.41) is 11.7. The molecule has 0 atom stereocenters. The maximum absolute atomic E-state index is 8.49. The molecule has 0 spiro atoms. The minimum absolute atomic E-state index is 0.0458. The highest BCUT2D eigenvalue weighted by molar-refractivity contribution is 5.51. The van der Waals surface area contributed by atoms with Gasteiger partial charge in [0, 0.05) is 17.9 Å². The molecule has 0 heterocycles. The molecule has 4 N–H and O–H groups in total. The third-order valence-corrected chi connectivity index (χ3v) is 2.47. The summed E-state index contributed by atoms with van der Waals surface area (Å²) in [7, 11) is 0. The number of hydrogen-bond acceptors (Lipinski definition) is 6. The molecule has 6 heteroatoms. The lowest BCUT2D eigenvalue weighted by molar-refractivity contribution is 0.00920. The van der Waals surface area contributed by atoms with Gasteiger partial charge in [-0.3, -0.25) is 0 Å². The third kappa shape index (κ3) is 8.71. The normalized spacial score (nSPS) is 10.7. The van der Waals surface area contributed by atoms with Crippen molar-refractivity contribution in [1.82, 2.24) is 0 Å². The largest absolute Gasteiger partial charge is 0.399 e. The van der Waals surface area contributed by atoms with Gasteiger partial charge >= 0.3 is 0 Å². The van der Waals surface area contributed by atoms with Crippen molar-refractivity contribution in [2.24, 2.45) is 0 Å². The fourth-order valence-corrected chi connectivity index (χ4v) is 1.47. The molecule has 0 aliphatic carbocycles. The number of nitrogens with two attached hydrogens (primary N) is 1. The van der Waals surface area contributed by atoms with Gasteiger partial charge in [-0.05, 0) is 24.3 Å². The molecule has 0 saturated carbocycles. The summed E-state index contributed by atoms with van der Waals surface area (Å²) in [6.07, 6.45) is 0. The lowest BCUT2D eigenvalue weighted by Crippen LogP contribution is -2.14. The van der Waals surface area contributed by atoms with Crippen molar-refractivity contribution >= 4 is 11.4 Å². The van der Waals surface area contributed by atoms with E-state index in [1.165, 1.54) is 0 Å². The highest BCUT2D eigenvalue weighted by atomic mass is 16.5. The van der Waals surface area contributed by atoms with Crippen LogP contribution in [-0.2, 0) is 14.2 Å². The number of hydrogen-bond donors (Lipinski definition) is 3. The summed E-state index contributed by atoms with van der Waals surface area (Å²) in [5.74, 6) is 0. The Kier molecular flexibility index (Phi) is 9.60. The summed E-state index contributed by atoms with van der Waals surface area (Å²) < 4.78 is 15.8. The van der Waals surface area contributed by atoms with E-state index >= 15 is 0 Å². The maximum atomic E-state index is 8.49. The van der Waals surface area contributed by atoms with E-state index in [0.717, 1.165) is 17.9 Å². The van der Waals surface area contributed by atoms with Crippen LogP contribution in [0.3, 0.4) is 0 Å². The van der Waals surface area contributed by atoms with Crippen molar-refractivity contribution in [2.45, 2.75) is 0 Å². The fourth-order valence-electron chi connectivity index (χ4n) is 1.47. The first kappa shape index (κ1) is 16.7. The number of aliphatic hydroxyl groups excluding tert-OH is 1. The summed E-state index contributed by atoms with van der Waals surface area (Å²) in [6.45, 7) is 3.89. The Morgan fingerprint density at radius 1 is 0.850 bits per heavy atom. The molecule has 0 unspecified atom stereocenters. The minimum Gasteiger partial charge on any atom is -0.399 e.